The first-order chi connectivity index (χ1) is 9.44. The Morgan fingerprint density at radius 2 is 2.10 bits per heavy atom. The average Bonchev–Trinajstić information content (AvgIpc) is 2.74. The van der Waals surface area contributed by atoms with Gasteiger partial charge in [-0.2, -0.15) is 0 Å². The Kier molecular flexibility index (Phi) is 6.97. The van der Waals surface area contributed by atoms with Crippen molar-refractivity contribution >= 4 is 39.9 Å². The predicted molar refractivity (Wildman–Crippen MR) is 91.1 cm³/mol. The van der Waals surface area contributed by atoms with E-state index in [2.05, 4.69) is 21.2 Å². The summed E-state index contributed by atoms with van der Waals surface area (Å²) in [5.74, 6) is 0.817. The summed E-state index contributed by atoms with van der Waals surface area (Å²) in [6, 6.07) is 5.77. The molecule has 2 rings (SSSR count). The van der Waals surface area contributed by atoms with Gasteiger partial charge in [0.2, 0.25) is 5.91 Å². The van der Waals surface area contributed by atoms with E-state index in [1.165, 1.54) is 0 Å². The van der Waals surface area contributed by atoms with Crippen LogP contribution in [-0.2, 0) is 4.79 Å². The van der Waals surface area contributed by atoms with Crippen molar-refractivity contribution in [2.75, 3.05) is 5.32 Å². The summed E-state index contributed by atoms with van der Waals surface area (Å²) in [5.41, 5.74) is 6.60. The molecular weight excluding hydrogens is 356 g/mol. The SMILES string of the molecule is CC(C)Oc1cc(Br)cc(NC(=O)C2CCC(N)C2)c1.Cl. The molecule has 1 aromatic rings. The van der Waals surface area contributed by atoms with E-state index in [1.807, 2.05) is 32.0 Å². The molecule has 118 valence electrons. The zero-order chi connectivity index (χ0) is 14.7. The molecule has 3 N–H and O–H groups in total. The van der Waals surface area contributed by atoms with Gasteiger partial charge in [-0.05, 0) is 45.2 Å². The molecule has 0 spiro atoms. The van der Waals surface area contributed by atoms with E-state index < -0.39 is 0 Å². The van der Waals surface area contributed by atoms with Crippen LogP contribution in [0.15, 0.2) is 22.7 Å². The first kappa shape index (κ1) is 18.3. The lowest BCUT2D eigenvalue weighted by atomic mass is 10.1. The molecule has 0 radical (unpaired) electrons. The molecule has 0 heterocycles. The number of halogens is 2. The number of carbonyl (C=O) groups excluding carboxylic acids is 1. The molecular formula is C15H22BrClN2O2. The molecule has 2 unspecified atom stereocenters. The minimum atomic E-state index is 0. The maximum atomic E-state index is 12.2. The smallest absolute Gasteiger partial charge is 0.227 e. The highest BCUT2D eigenvalue weighted by Gasteiger charge is 2.27. The Labute approximate surface area is 140 Å². The maximum Gasteiger partial charge on any atom is 0.227 e. The van der Waals surface area contributed by atoms with Crippen molar-refractivity contribution in [2.45, 2.75) is 45.3 Å². The van der Waals surface area contributed by atoms with Gasteiger partial charge in [-0.25, -0.2) is 0 Å². The number of amides is 1. The molecule has 1 aliphatic rings. The van der Waals surface area contributed by atoms with Gasteiger partial charge in [0.25, 0.3) is 0 Å². The lowest BCUT2D eigenvalue weighted by Crippen LogP contribution is -2.23. The molecule has 1 fully saturated rings. The third kappa shape index (κ3) is 5.49. The second-order valence-electron chi connectivity index (χ2n) is 5.60. The number of rotatable bonds is 4. The van der Waals surface area contributed by atoms with E-state index in [0.717, 1.165) is 35.2 Å². The fourth-order valence-corrected chi connectivity index (χ4v) is 2.95. The molecule has 1 amide bonds. The van der Waals surface area contributed by atoms with Crippen molar-refractivity contribution in [3.8, 4) is 5.75 Å². The summed E-state index contributed by atoms with van der Waals surface area (Å²) in [5, 5.41) is 2.95. The minimum Gasteiger partial charge on any atom is -0.491 e. The van der Waals surface area contributed by atoms with Crippen LogP contribution in [0.2, 0.25) is 0 Å². The maximum absolute atomic E-state index is 12.2. The molecule has 4 nitrogen and oxygen atoms in total. The van der Waals surface area contributed by atoms with E-state index >= 15 is 0 Å². The van der Waals surface area contributed by atoms with Gasteiger partial charge < -0.3 is 15.8 Å². The Hall–Kier alpha value is -0.780. The molecule has 1 saturated carbocycles. The molecule has 0 bridgehead atoms. The molecule has 1 aliphatic carbocycles. The van der Waals surface area contributed by atoms with Crippen molar-refractivity contribution in [1.29, 1.82) is 0 Å². The van der Waals surface area contributed by atoms with Crippen molar-refractivity contribution in [3.05, 3.63) is 22.7 Å². The van der Waals surface area contributed by atoms with Crippen LogP contribution in [0.4, 0.5) is 5.69 Å². The number of carbonyl (C=O) groups is 1. The number of hydrogen-bond acceptors (Lipinski definition) is 3. The van der Waals surface area contributed by atoms with Gasteiger partial charge in [-0.15, -0.1) is 12.4 Å². The van der Waals surface area contributed by atoms with Crippen LogP contribution in [0.5, 0.6) is 5.75 Å². The van der Waals surface area contributed by atoms with Crippen LogP contribution in [0.3, 0.4) is 0 Å². The molecule has 0 aromatic heterocycles. The summed E-state index contributed by atoms with van der Waals surface area (Å²) in [6.45, 7) is 3.94. The van der Waals surface area contributed by atoms with Gasteiger partial charge in [0.05, 0.1) is 6.10 Å². The van der Waals surface area contributed by atoms with Crippen LogP contribution < -0.4 is 15.8 Å². The fourth-order valence-electron chi connectivity index (χ4n) is 2.47. The van der Waals surface area contributed by atoms with Gasteiger partial charge in [0.15, 0.2) is 0 Å². The number of anilines is 1. The quantitative estimate of drug-likeness (QED) is 0.840. The zero-order valence-corrected chi connectivity index (χ0v) is 14.7. The van der Waals surface area contributed by atoms with Gasteiger partial charge in [-0.3, -0.25) is 4.79 Å². The van der Waals surface area contributed by atoms with Crippen molar-refractivity contribution in [3.63, 3.8) is 0 Å². The van der Waals surface area contributed by atoms with Gasteiger partial charge in [0.1, 0.15) is 5.75 Å². The van der Waals surface area contributed by atoms with Crippen LogP contribution in [0.25, 0.3) is 0 Å². The van der Waals surface area contributed by atoms with Crippen molar-refractivity contribution < 1.29 is 9.53 Å². The number of benzene rings is 1. The highest BCUT2D eigenvalue weighted by atomic mass is 79.9. The van der Waals surface area contributed by atoms with E-state index in [-0.39, 0.29) is 36.4 Å². The summed E-state index contributed by atoms with van der Waals surface area (Å²) in [7, 11) is 0. The molecule has 1 aromatic carbocycles. The summed E-state index contributed by atoms with van der Waals surface area (Å²) >= 11 is 3.43. The fraction of sp³-hybridized carbons (Fsp3) is 0.533. The Morgan fingerprint density at radius 3 is 2.67 bits per heavy atom. The van der Waals surface area contributed by atoms with E-state index in [4.69, 9.17) is 10.5 Å². The Bertz CT molecular complexity index is 497. The third-order valence-corrected chi connectivity index (χ3v) is 3.81. The summed E-state index contributed by atoms with van der Waals surface area (Å²) < 4.78 is 6.54. The number of nitrogens with one attached hydrogen (secondary N) is 1. The van der Waals surface area contributed by atoms with Crippen LogP contribution in [0, 0.1) is 5.92 Å². The zero-order valence-electron chi connectivity index (χ0n) is 12.3. The largest absolute Gasteiger partial charge is 0.491 e. The second-order valence-corrected chi connectivity index (χ2v) is 6.52. The number of nitrogens with two attached hydrogens (primary N) is 1. The Morgan fingerprint density at radius 1 is 1.38 bits per heavy atom. The first-order valence-corrected chi connectivity index (χ1v) is 7.77. The topological polar surface area (TPSA) is 64.3 Å². The average molecular weight is 378 g/mol. The first-order valence-electron chi connectivity index (χ1n) is 6.97. The van der Waals surface area contributed by atoms with Crippen LogP contribution >= 0.6 is 28.3 Å². The molecule has 2 atom stereocenters. The van der Waals surface area contributed by atoms with Gasteiger partial charge in [0, 0.05) is 28.2 Å². The van der Waals surface area contributed by atoms with Crippen molar-refractivity contribution in [1.82, 2.24) is 0 Å². The Balaban J connectivity index is 0.00000220. The molecule has 21 heavy (non-hydrogen) atoms. The highest BCUT2D eigenvalue weighted by molar-refractivity contribution is 9.10. The summed E-state index contributed by atoms with van der Waals surface area (Å²) in [6.07, 6.45) is 2.67. The van der Waals surface area contributed by atoms with Gasteiger partial charge >= 0.3 is 0 Å². The predicted octanol–water partition coefficient (Wildman–Crippen LogP) is 3.72. The molecule has 0 saturated heterocycles. The monoisotopic (exact) mass is 376 g/mol. The lowest BCUT2D eigenvalue weighted by molar-refractivity contribution is -0.119. The van der Waals surface area contributed by atoms with E-state index in [0.29, 0.717) is 0 Å². The number of hydrogen-bond donors (Lipinski definition) is 2. The lowest BCUT2D eigenvalue weighted by Gasteiger charge is -2.14. The van der Waals surface area contributed by atoms with Gasteiger partial charge in [-0.1, -0.05) is 15.9 Å². The number of ether oxygens (including phenoxy) is 1. The standard InChI is InChI=1S/C15H21BrN2O2.ClH/c1-9(2)20-14-7-11(16)6-13(8-14)18-15(19)10-3-4-12(17)5-10;/h6-10,12H,3-5,17H2,1-2H3,(H,18,19);1H. The van der Waals surface area contributed by atoms with E-state index in [9.17, 15) is 4.79 Å². The van der Waals surface area contributed by atoms with Crippen LogP contribution in [-0.4, -0.2) is 18.1 Å². The van der Waals surface area contributed by atoms with E-state index in [1.54, 1.807) is 0 Å². The highest BCUT2D eigenvalue weighted by Crippen LogP contribution is 2.28. The minimum absolute atomic E-state index is 0. The van der Waals surface area contributed by atoms with Crippen molar-refractivity contribution in [2.24, 2.45) is 11.7 Å². The second kappa shape index (κ2) is 8.01. The molecule has 0 aliphatic heterocycles. The summed E-state index contributed by atoms with van der Waals surface area (Å²) in [4.78, 5) is 12.2. The van der Waals surface area contributed by atoms with Crippen LogP contribution in [0.1, 0.15) is 33.1 Å². The third-order valence-electron chi connectivity index (χ3n) is 3.35. The normalized spacial score (nSPS) is 21.0. The molecule has 6 heteroatoms.